The lowest BCUT2D eigenvalue weighted by atomic mass is 10.2. The maximum atomic E-state index is 10.8. The Balaban J connectivity index is 2.35. The van der Waals surface area contributed by atoms with E-state index in [1.54, 1.807) is 11.4 Å². The zero-order valence-corrected chi connectivity index (χ0v) is 14.5. The molecule has 5 nitrogen and oxygen atoms in total. The van der Waals surface area contributed by atoms with Crippen LogP contribution in [0.25, 0.3) is 10.6 Å². The van der Waals surface area contributed by atoms with Gasteiger partial charge in [-0.3, -0.25) is 4.79 Å². The van der Waals surface area contributed by atoms with Crippen LogP contribution >= 0.6 is 22.9 Å². The number of rotatable bonds is 8. The number of ether oxygens (including phenoxy) is 2. The Morgan fingerprint density at radius 1 is 1.35 bits per heavy atom. The van der Waals surface area contributed by atoms with Gasteiger partial charge in [0.25, 0.3) is 0 Å². The Kier molecular flexibility index (Phi) is 6.24. The average Bonchev–Trinajstić information content (AvgIpc) is 2.94. The SMILES string of the molecule is CCCOc1c(Cl)cc(-c2nc(CC(=O)O)cs2)cc1OCC. The molecular formula is C16H18ClNO4S. The van der Waals surface area contributed by atoms with Gasteiger partial charge in [-0.15, -0.1) is 11.3 Å². The van der Waals surface area contributed by atoms with E-state index in [0.717, 1.165) is 12.0 Å². The van der Waals surface area contributed by atoms with Crippen molar-refractivity contribution in [1.82, 2.24) is 4.98 Å². The van der Waals surface area contributed by atoms with Crippen molar-refractivity contribution in [3.8, 4) is 22.1 Å². The van der Waals surface area contributed by atoms with Gasteiger partial charge in [-0.2, -0.15) is 0 Å². The highest BCUT2D eigenvalue weighted by atomic mass is 35.5. The Hall–Kier alpha value is -1.79. The van der Waals surface area contributed by atoms with Gasteiger partial charge in [0.1, 0.15) is 5.01 Å². The van der Waals surface area contributed by atoms with E-state index >= 15 is 0 Å². The predicted molar refractivity (Wildman–Crippen MR) is 90.9 cm³/mol. The van der Waals surface area contributed by atoms with Crippen LogP contribution in [0.1, 0.15) is 26.0 Å². The van der Waals surface area contributed by atoms with Crippen molar-refractivity contribution in [2.45, 2.75) is 26.7 Å². The zero-order chi connectivity index (χ0) is 16.8. The molecule has 0 atom stereocenters. The Labute approximate surface area is 143 Å². The third kappa shape index (κ3) is 4.59. The quantitative estimate of drug-likeness (QED) is 0.765. The van der Waals surface area contributed by atoms with Gasteiger partial charge < -0.3 is 14.6 Å². The smallest absolute Gasteiger partial charge is 0.309 e. The molecule has 0 radical (unpaired) electrons. The molecule has 2 rings (SSSR count). The van der Waals surface area contributed by atoms with Crippen molar-refractivity contribution < 1.29 is 19.4 Å². The average molecular weight is 356 g/mol. The molecule has 0 aliphatic rings. The highest BCUT2D eigenvalue weighted by Crippen LogP contribution is 2.40. The van der Waals surface area contributed by atoms with Crippen LogP contribution in [-0.2, 0) is 11.2 Å². The highest BCUT2D eigenvalue weighted by Gasteiger charge is 2.15. The van der Waals surface area contributed by atoms with Gasteiger partial charge in [0.05, 0.1) is 30.4 Å². The number of carboxylic acid groups (broad SMARTS) is 1. The van der Waals surface area contributed by atoms with Crippen molar-refractivity contribution in [3.05, 3.63) is 28.2 Å². The molecule has 0 aliphatic carbocycles. The van der Waals surface area contributed by atoms with Gasteiger partial charge >= 0.3 is 5.97 Å². The fourth-order valence-corrected chi connectivity index (χ4v) is 3.05. The molecule has 124 valence electrons. The van der Waals surface area contributed by atoms with E-state index < -0.39 is 5.97 Å². The molecule has 0 fully saturated rings. The first-order valence-electron chi connectivity index (χ1n) is 7.30. The van der Waals surface area contributed by atoms with E-state index in [1.165, 1.54) is 11.3 Å². The minimum absolute atomic E-state index is 0.0970. The fourth-order valence-electron chi connectivity index (χ4n) is 1.97. The first-order valence-corrected chi connectivity index (χ1v) is 8.56. The molecule has 1 heterocycles. The summed E-state index contributed by atoms with van der Waals surface area (Å²) in [5.41, 5.74) is 1.31. The molecule has 0 bridgehead atoms. The second-order valence-corrected chi connectivity index (χ2v) is 6.05. The van der Waals surface area contributed by atoms with Crippen molar-refractivity contribution in [2.24, 2.45) is 0 Å². The molecule has 0 aliphatic heterocycles. The maximum absolute atomic E-state index is 10.8. The standard InChI is InChI=1S/C16H18ClNO4S/c1-3-5-22-15-12(17)6-10(7-13(15)21-4-2)16-18-11(9-23-16)8-14(19)20/h6-7,9H,3-5,8H2,1-2H3,(H,19,20). The third-order valence-electron chi connectivity index (χ3n) is 2.89. The van der Waals surface area contributed by atoms with Crippen LogP contribution in [0.3, 0.4) is 0 Å². The molecule has 23 heavy (non-hydrogen) atoms. The van der Waals surface area contributed by atoms with E-state index in [1.807, 2.05) is 19.9 Å². The topological polar surface area (TPSA) is 68.7 Å². The van der Waals surface area contributed by atoms with E-state index in [9.17, 15) is 4.79 Å². The fraction of sp³-hybridized carbons (Fsp3) is 0.375. The second-order valence-electron chi connectivity index (χ2n) is 4.78. The minimum atomic E-state index is -0.904. The molecule has 2 aromatic rings. The largest absolute Gasteiger partial charge is 0.490 e. The second kappa shape index (κ2) is 8.17. The number of hydrogen-bond donors (Lipinski definition) is 1. The maximum Gasteiger partial charge on any atom is 0.309 e. The summed E-state index contributed by atoms with van der Waals surface area (Å²) in [4.78, 5) is 15.1. The van der Waals surface area contributed by atoms with Crippen LogP contribution in [0.5, 0.6) is 11.5 Å². The van der Waals surface area contributed by atoms with Crippen molar-refractivity contribution in [1.29, 1.82) is 0 Å². The summed E-state index contributed by atoms with van der Waals surface area (Å²) in [7, 11) is 0. The number of benzene rings is 1. The number of hydrogen-bond acceptors (Lipinski definition) is 5. The number of aliphatic carboxylic acids is 1. The number of aromatic nitrogens is 1. The first-order chi connectivity index (χ1) is 11.0. The van der Waals surface area contributed by atoms with Gasteiger partial charge in [-0.05, 0) is 25.5 Å². The third-order valence-corrected chi connectivity index (χ3v) is 4.11. The zero-order valence-electron chi connectivity index (χ0n) is 13.0. The summed E-state index contributed by atoms with van der Waals surface area (Å²) < 4.78 is 11.3. The van der Waals surface area contributed by atoms with Gasteiger partial charge in [-0.25, -0.2) is 4.98 Å². The van der Waals surface area contributed by atoms with E-state index in [4.69, 9.17) is 26.2 Å². The summed E-state index contributed by atoms with van der Waals surface area (Å²) in [6.45, 7) is 4.95. The molecule has 1 aromatic heterocycles. The monoisotopic (exact) mass is 355 g/mol. The lowest BCUT2D eigenvalue weighted by Crippen LogP contribution is -2.01. The molecular weight excluding hydrogens is 338 g/mol. The summed E-state index contributed by atoms with van der Waals surface area (Å²) in [5, 5.41) is 11.7. The van der Waals surface area contributed by atoms with E-state index in [0.29, 0.717) is 40.4 Å². The van der Waals surface area contributed by atoms with Gasteiger partial charge in [0.2, 0.25) is 0 Å². The predicted octanol–water partition coefficient (Wildman–Crippen LogP) is 4.28. The van der Waals surface area contributed by atoms with Crippen LogP contribution in [-0.4, -0.2) is 29.3 Å². The molecule has 1 N–H and O–H groups in total. The molecule has 0 saturated carbocycles. The molecule has 1 aromatic carbocycles. The normalized spacial score (nSPS) is 10.6. The van der Waals surface area contributed by atoms with Crippen molar-refractivity contribution >= 4 is 28.9 Å². The van der Waals surface area contributed by atoms with Gasteiger partial charge in [0.15, 0.2) is 11.5 Å². The number of nitrogens with zero attached hydrogens (tertiary/aromatic N) is 1. The molecule has 0 spiro atoms. The van der Waals surface area contributed by atoms with Crippen molar-refractivity contribution in [3.63, 3.8) is 0 Å². The lowest BCUT2D eigenvalue weighted by molar-refractivity contribution is -0.136. The van der Waals surface area contributed by atoms with Crippen LogP contribution < -0.4 is 9.47 Å². The number of carboxylic acids is 1. The van der Waals surface area contributed by atoms with E-state index in [-0.39, 0.29) is 6.42 Å². The summed E-state index contributed by atoms with van der Waals surface area (Å²) >= 11 is 7.70. The van der Waals surface area contributed by atoms with Gasteiger partial charge in [0, 0.05) is 10.9 Å². The van der Waals surface area contributed by atoms with Crippen LogP contribution in [0.15, 0.2) is 17.5 Å². The Bertz CT molecular complexity index is 687. The highest BCUT2D eigenvalue weighted by molar-refractivity contribution is 7.13. The molecule has 0 amide bonds. The molecule has 7 heteroatoms. The number of halogens is 1. The molecule has 0 saturated heterocycles. The lowest BCUT2D eigenvalue weighted by Gasteiger charge is -2.14. The number of carbonyl (C=O) groups is 1. The van der Waals surface area contributed by atoms with Crippen LogP contribution in [0.4, 0.5) is 0 Å². The van der Waals surface area contributed by atoms with Crippen LogP contribution in [0.2, 0.25) is 5.02 Å². The minimum Gasteiger partial charge on any atom is -0.490 e. The summed E-state index contributed by atoms with van der Waals surface area (Å²) in [6, 6.07) is 3.59. The van der Waals surface area contributed by atoms with Crippen LogP contribution in [0, 0.1) is 0 Å². The number of thiazole rings is 1. The first kappa shape index (κ1) is 17.6. The Morgan fingerprint density at radius 2 is 2.13 bits per heavy atom. The van der Waals surface area contributed by atoms with Gasteiger partial charge in [-0.1, -0.05) is 18.5 Å². The summed E-state index contributed by atoms with van der Waals surface area (Å²) in [5.74, 6) is 0.193. The molecule has 0 unspecified atom stereocenters. The summed E-state index contributed by atoms with van der Waals surface area (Å²) in [6.07, 6.45) is 0.773. The van der Waals surface area contributed by atoms with E-state index in [2.05, 4.69) is 4.98 Å². The van der Waals surface area contributed by atoms with Crippen molar-refractivity contribution in [2.75, 3.05) is 13.2 Å². The Morgan fingerprint density at radius 3 is 2.78 bits per heavy atom.